The van der Waals surface area contributed by atoms with Gasteiger partial charge in [-0.15, -0.1) is 0 Å². The van der Waals surface area contributed by atoms with Gasteiger partial charge in [0.1, 0.15) is 0 Å². The third-order valence-corrected chi connectivity index (χ3v) is 4.66. The molecular weight excluding hydrogens is 312 g/mol. The first-order valence-electron chi connectivity index (χ1n) is 7.58. The van der Waals surface area contributed by atoms with Gasteiger partial charge in [0.25, 0.3) is 10.1 Å². The van der Waals surface area contributed by atoms with Crippen LogP contribution in [0.25, 0.3) is 0 Å². The first-order valence-corrected chi connectivity index (χ1v) is 9.16. The Morgan fingerprint density at radius 3 is 2.13 bits per heavy atom. The molecule has 0 saturated carbocycles. The van der Waals surface area contributed by atoms with E-state index >= 15 is 0 Å². The van der Waals surface area contributed by atoms with Crippen LogP contribution in [0.1, 0.15) is 41.8 Å². The van der Waals surface area contributed by atoms with Crippen molar-refractivity contribution < 1.29 is 17.4 Å². The van der Waals surface area contributed by atoms with Gasteiger partial charge in [-0.3, -0.25) is 8.98 Å². The number of carbonyl (C=O) groups is 1. The molecule has 0 saturated heterocycles. The summed E-state index contributed by atoms with van der Waals surface area (Å²) in [5.41, 5.74) is 0.952. The summed E-state index contributed by atoms with van der Waals surface area (Å²) in [6.45, 7) is 1.90. The lowest BCUT2D eigenvalue weighted by molar-refractivity contribution is 0.0801. The van der Waals surface area contributed by atoms with Gasteiger partial charge in [0, 0.05) is 5.56 Å². The van der Waals surface area contributed by atoms with Crippen LogP contribution in [0.5, 0.6) is 0 Å². The molecule has 2 aromatic carbocycles. The highest BCUT2D eigenvalue weighted by atomic mass is 32.2. The Hall–Kier alpha value is -1.98. The zero-order valence-corrected chi connectivity index (χ0v) is 13.8. The summed E-state index contributed by atoms with van der Waals surface area (Å²) < 4.78 is 29.5. The standard InChI is InChI=1S/C18H20O4S/c1-2-3-14-23(20,21)22-18(16-12-8-5-9-13-16)17(19)15-10-6-4-7-11-15/h4-13,18H,2-3,14H2,1H3. The predicted octanol–water partition coefficient (Wildman–Crippen LogP) is 3.76. The average Bonchev–Trinajstić information content (AvgIpc) is 2.59. The van der Waals surface area contributed by atoms with Gasteiger partial charge in [0.2, 0.25) is 0 Å². The molecule has 4 nitrogen and oxygen atoms in total. The van der Waals surface area contributed by atoms with Crippen LogP contribution in [0, 0.1) is 0 Å². The second-order valence-corrected chi connectivity index (χ2v) is 6.95. The van der Waals surface area contributed by atoms with E-state index in [4.69, 9.17) is 4.18 Å². The molecule has 0 spiro atoms. The Labute approximate surface area is 137 Å². The average molecular weight is 332 g/mol. The minimum Gasteiger partial charge on any atom is -0.291 e. The van der Waals surface area contributed by atoms with Gasteiger partial charge in [-0.25, -0.2) is 0 Å². The Bertz CT molecular complexity index is 724. The first-order chi connectivity index (χ1) is 11.0. The molecule has 23 heavy (non-hydrogen) atoms. The molecule has 122 valence electrons. The Balaban J connectivity index is 2.32. The molecular formula is C18H20O4S. The fourth-order valence-electron chi connectivity index (χ4n) is 2.15. The number of carbonyl (C=O) groups excluding carboxylic acids is 1. The molecule has 0 radical (unpaired) electrons. The molecule has 1 unspecified atom stereocenters. The normalized spacial score (nSPS) is 12.7. The lowest BCUT2D eigenvalue weighted by Gasteiger charge is -2.17. The van der Waals surface area contributed by atoms with Gasteiger partial charge in [-0.1, -0.05) is 74.0 Å². The molecule has 0 aliphatic rings. The monoisotopic (exact) mass is 332 g/mol. The molecule has 0 N–H and O–H groups in total. The van der Waals surface area contributed by atoms with E-state index in [-0.39, 0.29) is 11.5 Å². The Morgan fingerprint density at radius 2 is 1.57 bits per heavy atom. The third kappa shape index (κ3) is 5.01. The summed E-state index contributed by atoms with van der Waals surface area (Å²) in [5, 5.41) is 0. The summed E-state index contributed by atoms with van der Waals surface area (Å²) in [4.78, 5) is 12.7. The quantitative estimate of drug-likeness (QED) is 0.545. The van der Waals surface area contributed by atoms with Crippen LogP contribution in [0.4, 0.5) is 0 Å². The molecule has 2 aromatic rings. The van der Waals surface area contributed by atoms with E-state index in [9.17, 15) is 13.2 Å². The van der Waals surface area contributed by atoms with Crippen molar-refractivity contribution in [2.45, 2.75) is 25.9 Å². The largest absolute Gasteiger partial charge is 0.291 e. The molecule has 0 aliphatic heterocycles. The van der Waals surface area contributed by atoms with Gasteiger partial charge in [0.15, 0.2) is 11.9 Å². The molecule has 1 atom stereocenters. The molecule has 0 bridgehead atoms. The van der Waals surface area contributed by atoms with Crippen molar-refractivity contribution in [3.05, 3.63) is 71.8 Å². The second-order valence-electron chi connectivity index (χ2n) is 5.23. The maximum atomic E-state index is 12.7. The van der Waals surface area contributed by atoms with E-state index in [1.165, 1.54) is 0 Å². The highest BCUT2D eigenvalue weighted by Crippen LogP contribution is 2.25. The molecule has 0 aliphatic carbocycles. The smallest absolute Gasteiger partial charge is 0.268 e. The maximum Gasteiger partial charge on any atom is 0.268 e. The zero-order valence-electron chi connectivity index (χ0n) is 13.0. The highest BCUT2D eigenvalue weighted by Gasteiger charge is 2.28. The molecule has 0 aromatic heterocycles. The van der Waals surface area contributed by atoms with Crippen LogP contribution >= 0.6 is 0 Å². The van der Waals surface area contributed by atoms with Gasteiger partial charge in [-0.2, -0.15) is 8.42 Å². The van der Waals surface area contributed by atoms with Gasteiger partial charge < -0.3 is 0 Å². The van der Waals surface area contributed by atoms with E-state index in [0.29, 0.717) is 17.5 Å². The highest BCUT2D eigenvalue weighted by molar-refractivity contribution is 7.86. The fourth-order valence-corrected chi connectivity index (χ4v) is 3.38. The minimum absolute atomic E-state index is 0.0884. The Morgan fingerprint density at radius 1 is 1.00 bits per heavy atom. The first kappa shape index (κ1) is 17.4. The van der Waals surface area contributed by atoms with Crippen molar-refractivity contribution in [1.29, 1.82) is 0 Å². The maximum absolute atomic E-state index is 12.7. The summed E-state index contributed by atoms with van der Waals surface area (Å²) in [5.74, 6) is -0.452. The van der Waals surface area contributed by atoms with Crippen molar-refractivity contribution in [3.63, 3.8) is 0 Å². The zero-order chi connectivity index (χ0) is 16.7. The number of unbranched alkanes of at least 4 members (excludes halogenated alkanes) is 1. The van der Waals surface area contributed by atoms with E-state index in [0.717, 1.165) is 6.42 Å². The number of ketones is 1. The lowest BCUT2D eigenvalue weighted by Crippen LogP contribution is -2.22. The predicted molar refractivity (Wildman–Crippen MR) is 89.7 cm³/mol. The van der Waals surface area contributed by atoms with Crippen LogP contribution in [0.3, 0.4) is 0 Å². The molecule has 5 heteroatoms. The van der Waals surface area contributed by atoms with Gasteiger partial charge >= 0.3 is 0 Å². The molecule has 2 rings (SSSR count). The third-order valence-electron chi connectivity index (χ3n) is 3.39. The summed E-state index contributed by atoms with van der Waals surface area (Å²) >= 11 is 0. The summed E-state index contributed by atoms with van der Waals surface area (Å²) in [7, 11) is -3.76. The molecule has 0 amide bonds. The Kier molecular flexibility index (Phi) is 6.07. The van der Waals surface area contributed by atoms with E-state index in [2.05, 4.69) is 0 Å². The van der Waals surface area contributed by atoms with E-state index < -0.39 is 16.2 Å². The number of rotatable bonds is 8. The minimum atomic E-state index is -3.76. The second kappa shape index (κ2) is 8.04. The molecule has 0 fully saturated rings. The number of hydrogen-bond donors (Lipinski definition) is 0. The summed E-state index contributed by atoms with van der Waals surface area (Å²) in [6, 6.07) is 17.3. The molecule has 0 heterocycles. The number of hydrogen-bond acceptors (Lipinski definition) is 4. The van der Waals surface area contributed by atoms with Crippen LogP contribution < -0.4 is 0 Å². The van der Waals surface area contributed by atoms with Crippen molar-refractivity contribution in [3.8, 4) is 0 Å². The van der Waals surface area contributed by atoms with Gasteiger partial charge in [0.05, 0.1) is 5.75 Å². The van der Waals surface area contributed by atoms with Gasteiger partial charge in [-0.05, 0) is 12.0 Å². The van der Waals surface area contributed by atoms with Crippen molar-refractivity contribution in [2.75, 3.05) is 5.75 Å². The summed E-state index contributed by atoms with van der Waals surface area (Å²) in [6.07, 6.45) is 0.0923. The van der Waals surface area contributed by atoms with E-state index in [1.54, 1.807) is 60.7 Å². The van der Waals surface area contributed by atoms with Crippen LogP contribution in [-0.2, 0) is 14.3 Å². The van der Waals surface area contributed by atoms with Crippen LogP contribution in [0.15, 0.2) is 60.7 Å². The number of Topliss-reactive ketones (excluding diaryl/α,β-unsaturated/α-hetero) is 1. The van der Waals surface area contributed by atoms with Crippen LogP contribution in [-0.4, -0.2) is 20.0 Å². The van der Waals surface area contributed by atoms with Crippen molar-refractivity contribution in [1.82, 2.24) is 0 Å². The van der Waals surface area contributed by atoms with Crippen molar-refractivity contribution >= 4 is 15.9 Å². The fraction of sp³-hybridized carbons (Fsp3) is 0.278. The van der Waals surface area contributed by atoms with Crippen LogP contribution in [0.2, 0.25) is 0 Å². The van der Waals surface area contributed by atoms with Crippen molar-refractivity contribution in [2.24, 2.45) is 0 Å². The number of benzene rings is 2. The topological polar surface area (TPSA) is 60.4 Å². The lowest BCUT2D eigenvalue weighted by atomic mass is 10.0. The van der Waals surface area contributed by atoms with E-state index in [1.807, 2.05) is 6.92 Å². The SMILES string of the molecule is CCCCS(=O)(=O)OC(C(=O)c1ccccc1)c1ccccc1.